The van der Waals surface area contributed by atoms with Gasteiger partial charge in [-0.3, -0.25) is 0 Å². The van der Waals surface area contributed by atoms with E-state index < -0.39 is 0 Å². The molecule has 0 aliphatic carbocycles. The fourth-order valence-corrected chi connectivity index (χ4v) is 1.13. The Labute approximate surface area is 80.5 Å². The number of unbranched alkanes of at least 4 members (excludes halogenated alkanes) is 1. The van der Waals surface area contributed by atoms with Crippen LogP contribution in [-0.4, -0.2) is 17.7 Å². The molecule has 2 N–H and O–H groups in total. The summed E-state index contributed by atoms with van der Waals surface area (Å²) in [6, 6.07) is 0. The Bertz CT molecular complexity index is 128. The van der Waals surface area contributed by atoms with Crippen molar-refractivity contribution in [3.05, 3.63) is 0 Å². The van der Waals surface area contributed by atoms with Crippen molar-refractivity contribution < 1.29 is 4.74 Å². The lowest BCUT2D eigenvalue weighted by atomic mass is 10.2. The molecule has 0 bridgehead atoms. The lowest BCUT2D eigenvalue weighted by Gasteiger charge is -2.14. The van der Waals surface area contributed by atoms with E-state index in [4.69, 9.17) is 22.7 Å². The maximum absolute atomic E-state index is 5.58. The van der Waals surface area contributed by atoms with E-state index >= 15 is 0 Å². The SMILES string of the molecule is CCCCOC(CC)CC(N)=S. The van der Waals surface area contributed by atoms with Gasteiger partial charge in [-0.25, -0.2) is 0 Å². The zero-order valence-corrected chi connectivity index (χ0v) is 8.82. The summed E-state index contributed by atoms with van der Waals surface area (Å²) in [6.45, 7) is 5.07. The van der Waals surface area contributed by atoms with Gasteiger partial charge in [0.2, 0.25) is 0 Å². The van der Waals surface area contributed by atoms with Crippen LogP contribution in [0.3, 0.4) is 0 Å². The largest absolute Gasteiger partial charge is 0.393 e. The highest BCUT2D eigenvalue weighted by atomic mass is 32.1. The van der Waals surface area contributed by atoms with Crippen molar-refractivity contribution in [3.63, 3.8) is 0 Å². The third-order valence-corrected chi connectivity index (χ3v) is 1.90. The van der Waals surface area contributed by atoms with Crippen LogP contribution in [-0.2, 0) is 4.74 Å². The van der Waals surface area contributed by atoms with Crippen LogP contribution in [0.15, 0.2) is 0 Å². The van der Waals surface area contributed by atoms with Gasteiger partial charge >= 0.3 is 0 Å². The molecule has 2 nitrogen and oxygen atoms in total. The van der Waals surface area contributed by atoms with Crippen LogP contribution >= 0.6 is 12.2 Å². The van der Waals surface area contributed by atoms with E-state index in [0.717, 1.165) is 25.9 Å². The molecule has 0 aromatic heterocycles. The van der Waals surface area contributed by atoms with Crippen molar-refractivity contribution in [1.29, 1.82) is 0 Å². The number of hydrogen-bond acceptors (Lipinski definition) is 2. The molecule has 72 valence electrons. The number of ether oxygens (including phenoxy) is 1. The maximum atomic E-state index is 5.58. The van der Waals surface area contributed by atoms with Crippen LogP contribution in [0, 0.1) is 0 Å². The second-order valence-corrected chi connectivity index (χ2v) is 3.45. The first-order valence-corrected chi connectivity index (χ1v) is 5.01. The third-order valence-electron chi connectivity index (χ3n) is 1.74. The second-order valence-electron chi connectivity index (χ2n) is 2.93. The summed E-state index contributed by atoms with van der Waals surface area (Å²) in [5, 5.41) is 0. The Morgan fingerprint density at radius 2 is 2.17 bits per heavy atom. The summed E-state index contributed by atoms with van der Waals surface area (Å²) < 4.78 is 5.58. The Balaban J connectivity index is 3.46. The zero-order valence-electron chi connectivity index (χ0n) is 8.01. The van der Waals surface area contributed by atoms with Crippen molar-refractivity contribution in [2.24, 2.45) is 5.73 Å². The quantitative estimate of drug-likeness (QED) is 0.493. The first kappa shape index (κ1) is 11.8. The van der Waals surface area contributed by atoms with E-state index in [-0.39, 0.29) is 6.10 Å². The Morgan fingerprint density at radius 3 is 2.58 bits per heavy atom. The van der Waals surface area contributed by atoms with Gasteiger partial charge in [0.15, 0.2) is 0 Å². The molecule has 3 heteroatoms. The van der Waals surface area contributed by atoms with Gasteiger partial charge < -0.3 is 10.5 Å². The molecule has 0 aliphatic heterocycles. The predicted octanol–water partition coefficient (Wildman–Crippen LogP) is 2.26. The van der Waals surface area contributed by atoms with Crippen LogP contribution in [0.4, 0.5) is 0 Å². The summed E-state index contributed by atoms with van der Waals surface area (Å²) >= 11 is 4.81. The zero-order chi connectivity index (χ0) is 9.40. The van der Waals surface area contributed by atoms with Crippen LogP contribution in [0.1, 0.15) is 39.5 Å². The van der Waals surface area contributed by atoms with Gasteiger partial charge in [-0.2, -0.15) is 0 Å². The molecule has 0 saturated heterocycles. The van der Waals surface area contributed by atoms with Crippen LogP contribution in [0.5, 0.6) is 0 Å². The molecular weight excluding hydrogens is 170 g/mol. The molecule has 0 spiro atoms. The average Bonchev–Trinajstić information content (AvgIpc) is 2.02. The predicted molar refractivity (Wildman–Crippen MR) is 56.3 cm³/mol. The molecule has 0 aliphatic rings. The molecule has 0 aromatic rings. The van der Waals surface area contributed by atoms with E-state index in [1.807, 2.05) is 0 Å². The number of hydrogen-bond donors (Lipinski definition) is 1. The molecule has 0 aromatic carbocycles. The first-order chi connectivity index (χ1) is 5.70. The Hall–Kier alpha value is -0.150. The van der Waals surface area contributed by atoms with E-state index in [1.54, 1.807) is 0 Å². The molecule has 1 unspecified atom stereocenters. The van der Waals surface area contributed by atoms with Gasteiger partial charge in [0.25, 0.3) is 0 Å². The van der Waals surface area contributed by atoms with Gasteiger partial charge in [0, 0.05) is 13.0 Å². The molecule has 0 radical (unpaired) electrons. The van der Waals surface area contributed by atoms with E-state index in [0.29, 0.717) is 4.99 Å². The van der Waals surface area contributed by atoms with Crippen LogP contribution < -0.4 is 5.73 Å². The van der Waals surface area contributed by atoms with Crippen LogP contribution in [0.2, 0.25) is 0 Å². The lowest BCUT2D eigenvalue weighted by Crippen LogP contribution is -2.21. The first-order valence-electron chi connectivity index (χ1n) is 4.60. The Morgan fingerprint density at radius 1 is 1.50 bits per heavy atom. The molecule has 0 rings (SSSR count). The van der Waals surface area contributed by atoms with Gasteiger partial charge in [0.1, 0.15) is 0 Å². The molecule has 0 fully saturated rings. The number of thiocarbonyl (C=S) groups is 1. The third kappa shape index (κ3) is 6.55. The molecule has 12 heavy (non-hydrogen) atoms. The fraction of sp³-hybridized carbons (Fsp3) is 0.889. The van der Waals surface area contributed by atoms with E-state index in [9.17, 15) is 0 Å². The number of rotatable bonds is 7. The topological polar surface area (TPSA) is 35.2 Å². The molecule has 0 heterocycles. The van der Waals surface area contributed by atoms with Gasteiger partial charge in [0.05, 0.1) is 11.1 Å². The smallest absolute Gasteiger partial charge is 0.0753 e. The monoisotopic (exact) mass is 189 g/mol. The maximum Gasteiger partial charge on any atom is 0.0753 e. The van der Waals surface area contributed by atoms with Crippen LogP contribution in [0.25, 0.3) is 0 Å². The van der Waals surface area contributed by atoms with E-state index in [1.165, 1.54) is 6.42 Å². The van der Waals surface area contributed by atoms with Crippen molar-refractivity contribution in [2.75, 3.05) is 6.61 Å². The summed E-state index contributed by atoms with van der Waals surface area (Å²) in [4.78, 5) is 0.554. The van der Waals surface area contributed by atoms with Crippen molar-refractivity contribution in [1.82, 2.24) is 0 Å². The summed E-state index contributed by atoms with van der Waals surface area (Å²) in [5.74, 6) is 0. The normalized spacial score (nSPS) is 12.8. The highest BCUT2D eigenvalue weighted by Gasteiger charge is 2.06. The van der Waals surface area contributed by atoms with Crippen molar-refractivity contribution in [2.45, 2.75) is 45.6 Å². The molecular formula is C9H19NOS. The molecule has 1 atom stereocenters. The van der Waals surface area contributed by atoms with Crippen molar-refractivity contribution >= 4 is 17.2 Å². The summed E-state index contributed by atoms with van der Waals surface area (Å²) in [5.41, 5.74) is 5.42. The highest BCUT2D eigenvalue weighted by Crippen LogP contribution is 2.04. The number of nitrogens with two attached hydrogens (primary N) is 1. The summed E-state index contributed by atoms with van der Waals surface area (Å²) in [6.07, 6.45) is 4.22. The standard InChI is InChI=1S/C9H19NOS/c1-3-5-6-11-8(4-2)7-9(10)12/h8H,3-7H2,1-2H3,(H2,10,12). The van der Waals surface area contributed by atoms with Gasteiger partial charge in [-0.05, 0) is 12.8 Å². The minimum atomic E-state index is 0.231. The summed E-state index contributed by atoms with van der Waals surface area (Å²) in [7, 11) is 0. The fourth-order valence-electron chi connectivity index (χ4n) is 0.940. The van der Waals surface area contributed by atoms with E-state index in [2.05, 4.69) is 13.8 Å². The minimum Gasteiger partial charge on any atom is -0.393 e. The second kappa shape index (κ2) is 7.50. The van der Waals surface area contributed by atoms with Gasteiger partial charge in [-0.15, -0.1) is 0 Å². The molecule has 0 amide bonds. The average molecular weight is 189 g/mol. The highest BCUT2D eigenvalue weighted by molar-refractivity contribution is 7.80. The lowest BCUT2D eigenvalue weighted by molar-refractivity contribution is 0.0540. The van der Waals surface area contributed by atoms with Gasteiger partial charge in [-0.1, -0.05) is 32.5 Å². The Kier molecular flexibility index (Phi) is 7.40. The van der Waals surface area contributed by atoms with Crippen molar-refractivity contribution in [3.8, 4) is 0 Å². The minimum absolute atomic E-state index is 0.231. The molecule has 0 saturated carbocycles.